The molecule has 1 aromatic carbocycles. The lowest BCUT2D eigenvalue weighted by atomic mass is 10.2. The first-order valence-corrected chi connectivity index (χ1v) is 8.62. The molecule has 2 atom stereocenters. The third-order valence-electron chi connectivity index (χ3n) is 4.09. The van der Waals surface area contributed by atoms with E-state index in [1.807, 2.05) is 37.3 Å². The van der Waals surface area contributed by atoms with Crippen LogP contribution in [-0.2, 0) is 9.53 Å². The van der Waals surface area contributed by atoms with Crippen LogP contribution in [0, 0.1) is 0 Å². The van der Waals surface area contributed by atoms with E-state index in [0.717, 1.165) is 36.6 Å². The first-order valence-electron chi connectivity index (χ1n) is 8.62. The molecule has 3 rings (SSSR count). The Bertz CT molecular complexity index is 666. The second-order valence-electron chi connectivity index (χ2n) is 6.13. The van der Waals surface area contributed by atoms with E-state index in [9.17, 15) is 4.79 Å². The number of anilines is 1. The first-order chi connectivity index (χ1) is 12.2. The molecule has 2 aromatic rings. The van der Waals surface area contributed by atoms with Crippen molar-refractivity contribution in [2.45, 2.75) is 31.9 Å². The van der Waals surface area contributed by atoms with Crippen LogP contribution in [0.25, 0.3) is 0 Å². The van der Waals surface area contributed by atoms with Crippen LogP contribution < -0.4 is 15.4 Å². The smallest absolute Gasteiger partial charge is 0.239 e. The van der Waals surface area contributed by atoms with Crippen molar-refractivity contribution in [2.24, 2.45) is 0 Å². The summed E-state index contributed by atoms with van der Waals surface area (Å²) < 4.78 is 16.6. The van der Waals surface area contributed by atoms with Gasteiger partial charge in [-0.05, 0) is 44.0 Å². The summed E-state index contributed by atoms with van der Waals surface area (Å²) >= 11 is 0. The zero-order valence-corrected chi connectivity index (χ0v) is 14.4. The van der Waals surface area contributed by atoms with Gasteiger partial charge in [0.15, 0.2) is 0 Å². The zero-order valence-electron chi connectivity index (χ0n) is 14.4. The average molecular weight is 344 g/mol. The van der Waals surface area contributed by atoms with Crippen molar-refractivity contribution in [3.63, 3.8) is 0 Å². The minimum absolute atomic E-state index is 0.102. The fraction of sp³-hybridized carbons (Fsp3) is 0.421. The SMILES string of the molecule is C[C@@H](NC(=O)CNc1cccc(OC[C@H]2CCCO2)c1)c1ccco1. The normalized spacial score (nSPS) is 17.9. The predicted octanol–water partition coefficient (Wildman–Crippen LogP) is 3.13. The first kappa shape index (κ1) is 17.4. The number of benzene rings is 1. The lowest BCUT2D eigenvalue weighted by molar-refractivity contribution is -0.120. The summed E-state index contributed by atoms with van der Waals surface area (Å²) in [6.07, 6.45) is 3.93. The highest BCUT2D eigenvalue weighted by atomic mass is 16.5. The third kappa shape index (κ3) is 5.26. The van der Waals surface area contributed by atoms with Gasteiger partial charge in [0, 0.05) is 18.4 Å². The molecule has 1 aliphatic rings. The largest absolute Gasteiger partial charge is 0.491 e. The van der Waals surface area contributed by atoms with Gasteiger partial charge in [0.05, 0.1) is 25.0 Å². The second kappa shape index (κ2) is 8.58. The maximum Gasteiger partial charge on any atom is 0.239 e. The quantitative estimate of drug-likeness (QED) is 0.770. The minimum Gasteiger partial charge on any atom is -0.491 e. The van der Waals surface area contributed by atoms with Gasteiger partial charge in [-0.3, -0.25) is 4.79 Å². The highest BCUT2D eigenvalue weighted by Gasteiger charge is 2.16. The van der Waals surface area contributed by atoms with Crippen molar-refractivity contribution in [1.82, 2.24) is 5.32 Å². The molecule has 0 saturated carbocycles. The number of carbonyl (C=O) groups excluding carboxylic acids is 1. The van der Waals surface area contributed by atoms with E-state index in [4.69, 9.17) is 13.9 Å². The summed E-state index contributed by atoms with van der Waals surface area (Å²) in [6, 6.07) is 11.1. The Labute approximate surface area is 147 Å². The van der Waals surface area contributed by atoms with Gasteiger partial charge in [0.25, 0.3) is 0 Å². The molecule has 0 bridgehead atoms. The van der Waals surface area contributed by atoms with Gasteiger partial charge >= 0.3 is 0 Å². The lowest BCUT2D eigenvalue weighted by Crippen LogP contribution is -2.31. The average Bonchev–Trinajstić information content (AvgIpc) is 3.32. The summed E-state index contributed by atoms with van der Waals surface area (Å²) in [5.74, 6) is 1.40. The molecular formula is C19H24N2O4. The van der Waals surface area contributed by atoms with E-state index in [1.165, 1.54) is 0 Å². The van der Waals surface area contributed by atoms with Crippen LogP contribution >= 0.6 is 0 Å². The molecule has 0 unspecified atom stereocenters. The van der Waals surface area contributed by atoms with Crippen LogP contribution in [0.2, 0.25) is 0 Å². The van der Waals surface area contributed by atoms with Gasteiger partial charge in [0.2, 0.25) is 5.91 Å². The fourth-order valence-electron chi connectivity index (χ4n) is 2.74. The van der Waals surface area contributed by atoms with E-state index in [0.29, 0.717) is 6.61 Å². The Kier molecular flexibility index (Phi) is 5.95. The van der Waals surface area contributed by atoms with Gasteiger partial charge in [-0.2, -0.15) is 0 Å². The van der Waals surface area contributed by atoms with Gasteiger partial charge in [-0.15, -0.1) is 0 Å². The maximum atomic E-state index is 12.0. The summed E-state index contributed by atoms with van der Waals surface area (Å²) in [4.78, 5) is 12.0. The Hall–Kier alpha value is -2.47. The highest BCUT2D eigenvalue weighted by molar-refractivity contribution is 5.81. The predicted molar refractivity (Wildman–Crippen MR) is 94.7 cm³/mol. The molecule has 2 heterocycles. The monoisotopic (exact) mass is 344 g/mol. The van der Waals surface area contributed by atoms with Crippen molar-refractivity contribution in [3.05, 3.63) is 48.4 Å². The molecule has 134 valence electrons. The topological polar surface area (TPSA) is 72.7 Å². The van der Waals surface area contributed by atoms with Crippen LogP contribution in [0.5, 0.6) is 5.75 Å². The molecule has 1 fully saturated rings. The summed E-state index contributed by atoms with van der Waals surface area (Å²) in [5.41, 5.74) is 0.839. The number of nitrogens with one attached hydrogen (secondary N) is 2. The van der Waals surface area contributed by atoms with E-state index >= 15 is 0 Å². The number of amides is 1. The Balaban J connectivity index is 1.44. The maximum absolute atomic E-state index is 12.0. The van der Waals surface area contributed by atoms with E-state index in [2.05, 4.69) is 10.6 Å². The van der Waals surface area contributed by atoms with Crippen molar-refractivity contribution >= 4 is 11.6 Å². The highest BCUT2D eigenvalue weighted by Crippen LogP contribution is 2.19. The van der Waals surface area contributed by atoms with Gasteiger partial charge in [0.1, 0.15) is 18.1 Å². The van der Waals surface area contributed by atoms with Gasteiger partial charge in [-0.1, -0.05) is 6.07 Å². The molecule has 0 radical (unpaired) electrons. The molecular weight excluding hydrogens is 320 g/mol. The number of furan rings is 1. The van der Waals surface area contributed by atoms with Crippen molar-refractivity contribution in [2.75, 3.05) is 25.1 Å². The number of carbonyl (C=O) groups is 1. The number of hydrogen-bond donors (Lipinski definition) is 2. The van der Waals surface area contributed by atoms with Crippen molar-refractivity contribution in [1.29, 1.82) is 0 Å². The number of ether oxygens (including phenoxy) is 2. The molecule has 1 aromatic heterocycles. The molecule has 1 amide bonds. The minimum atomic E-state index is -0.162. The molecule has 2 N–H and O–H groups in total. The van der Waals surface area contributed by atoms with Crippen molar-refractivity contribution in [3.8, 4) is 5.75 Å². The van der Waals surface area contributed by atoms with E-state index < -0.39 is 0 Å². The summed E-state index contributed by atoms with van der Waals surface area (Å²) in [5, 5.41) is 6.00. The fourth-order valence-corrected chi connectivity index (χ4v) is 2.74. The molecule has 6 nitrogen and oxygen atoms in total. The van der Waals surface area contributed by atoms with E-state index in [-0.39, 0.29) is 24.6 Å². The molecule has 0 spiro atoms. The molecule has 6 heteroatoms. The van der Waals surface area contributed by atoms with Gasteiger partial charge in [-0.25, -0.2) is 0 Å². The van der Waals surface area contributed by atoms with Crippen LogP contribution in [-0.4, -0.2) is 31.8 Å². The molecule has 25 heavy (non-hydrogen) atoms. The standard InChI is InChI=1S/C19H24N2O4/c1-14(18-8-4-10-24-18)21-19(22)12-20-15-5-2-6-16(11-15)25-13-17-7-3-9-23-17/h2,4-6,8,10-11,14,17,20H,3,7,9,12-13H2,1H3,(H,21,22)/t14-,17-/m1/s1. The molecule has 0 aliphatic carbocycles. The molecule has 1 aliphatic heterocycles. The van der Waals surface area contributed by atoms with Crippen LogP contribution in [0.1, 0.15) is 31.6 Å². The summed E-state index contributed by atoms with van der Waals surface area (Å²) in [7, 11) is 0. The van der Waals surface area contributed by atoms with Crippen LogP contribution in [0.4, 0.5) is 5.69 Å². The Morgan fingerprint density at radius 2 is 2.28 bits per heavy atom. The lowest BCUT2D eigenvalue weighted by Gasteiger charge is -2.14. The van der Waals surface area contributed by atoms with E-state index in [1.54, 1.807) is 12.3 Å². The van der Waals surface area contributed by atoms with Gasteiger partial charge < -0.3 is 24.5 Å². The summed E-state index contributed by atoms with van der Waals surface area (Å²) in [6.45, 7) is 3.45. The van der Waals surface area contributed by atoms with Crippen LogP contribution in [0.15, 0.2) is 47.1 Å². The van der Waals surface area contributed by atoms with Crippen LogP contribution in [0.3, 0.4) is 0 Å². The molecule has 1 saturated heterocycles. The zero-order chi connectivity index (χ0) is 17.5. The number of hydrogen-bond acceptors (Lipinski definition) is 5. The van der Waals surface area contributed by atoms with Crippen molar-refractivity contribution < 1.29 is 18.7 Å². The second-order valence-corrected chi connectivity index (χ2v) is 6.13. The number of rotatable bonds is 8. The third-order valence-corrected chi connectivity index (χ3v) is 4.09. The Morgan fingerprint density at radius 1 is 1.36 bits per heavy atom. The Morgan fingerprint density at radius 3 is 3.04 bits per heavy atom.